The fourth-order valence-electron chi connectivity index (χ4n) is 1.83. The van der Waals surface area contributed by atoms with Crippen molar-refractivity contribution in [1.29, 1.82) is 0 Å². The van der Waals surface area contributed by atoms with Gasteiger partial charge in [-0.1, -0.05) is 18.2 Å². The number of sulfonamides is 1. The van der Waals surface area contributed by atoms with Gasteiger partial charge in [0.2, 0.25) is 10.0 Å². The van der Waals surface area contributed by atoms with E-state index < -0.39 is 10.0 Å². The third-order valence-electron chi connectivity index (χ3n) is 3.07. The maximum atomic E-state index is 12.4. The van der Waals surface area contributed by atoms with Crippen LogP contribution in [0, 0.1) is 0 Å². The van der Waals surface area contributed by atoms with Crippen LogP contribution in [0.4, 0.5) is 0 Å². The summed E-state index contributed by atoms with van der Waals surface area (Å²) in [6.45, 7) is 2.25. The lowest BCUT2D eigenvalue weighted by molar-refractivity contribution is 0.469. The zero-order valence-electron chi connectivity index (χ0n) is 11.5. The van der Waals surface area contributed by atoms with Gasteiger partial charge >= 0.3 is 0 Å². The minimum Gasteiger partial charge on any atom is -0.324 e. The van der Waals surface area contributed by atoms with Gasteiger partial charge in [-0.3, -0.25) is 0 Å². The Hall–Kier alpha value is -1.21. The summed E-state index contributed by atoms with van der Waals surface area (Å²) >= 11 is 1.55. The second-order valence-corrected chi connectivity index (χ2v) is 7.78. The topological polar surface area (TPSA) is 63.4 Å². The highest BCUT2D eigenvalue weighted by atomic mass is 32.2. The van der Waals surface area contributed by atoms with E-state index in [2.05, 4.69) is 0 Å². The van der Waals surface area contributed by atoms with E-state index in [0.29, 0.717) is 11.4 Å². The molecule has 1 atom stereocenters. The summed E-state index contributed by atoms with van der Waals surface area (Å²) < 4.78 is 26.2. The predicted molar refractivity (Wildman–Crippen MR) is 82.0 cm³/mol. The van der Waals surface area contributed by atoms with Gasteiger partial charge in [-0.05, 0) is 36.1 Å². The molecule has 0 radical (unpaired) electrons. The number of hydrogen-bond donors (Lipinski definition) is 1. The maximum absolute atomic E-state index is 12.4. The van der Waals surface area contributed by atoms with Crippen LogP contribution in [0.3, 0.4) is 0 Å². The third kappa shape index (κ3) is 3.27. The van der Waals surface area contributed by atoms with Gasteiger partial charge in [0.1, 0.15) is 0 Å². The zero-order valence-corrected chi connectivity index (χ0v) is 13.1. The van der Waals surface area contributed by atoms with E-state index in [-0.39, 0.29) is 6.04 Å². The molecule has 2 N–H and O–H groups in total. The molecule has 2 rings (SSSR count). The summed E-state index contributed by atoms with van der Waals surface area (Å²) in [6, 6.07) is 10.5. The average molecular weight is 310 g/mol. The standard InChI is InChI=1S/C14H18N2O2S2/c1-11(15)12-5-7-14(8-6-12)20(17,18)16(2)10-13-4-3-9-19-13/h3-9,11H,10,15H2,1-2H3. The molecule has 0 spiro atoms. The van der Waals surface area contributed by atoms with Crippen LogP contribution < -0.4 is 5.73 Å². The zero-order chi connectivity index (χ0) is 14.8. The number of nitrogens with zero attached hydrogens (tertiary/aromatic N) is 1. The van der Waals surface area contributed by atoms with Crippen molar-refractivity contribution in [3.05, 3.63) is 52.2 Å². The molecule has 6 heteroatoms. The lowest BCUT2D eigenvalue weighted by atomic mass is 10.1. The Morgan fingerprint density at radius 3 is 2.40 bits per heavy atom. The van der Waals surface area contributed by atoms with Crippen molar-refractivity contribution < 1.29 is 8.42 Å². The van der Waals surface area contributed by atoms with Gasteiger partial charge in [-0.2, -0.15) is 4.31 Å². The van der Waals surface area contributed by atoms with Gasteiger partial charge < -0.3 is 5.73 Å². The first-order chi connectivity index (χ1) is 9.41. The molecule has 0 amide bonds. The Morgan fingerprint density at radius 2 is 1.90 bits per heavy atom. The molecular weight excluding hydrogens is 292 g/mol. The van der Waals surface area contributed by atoms with Crippen LogP contribution in [0.15, 0.2) is 46.7 Å². The molecule has 1 heterocycles. The molecule has 1 aromatic carbocycles. The van der Waals surface area contributed by atoms with E-state index >= 15 is 0 Å². The van der Waals surface area contributed by atoms with E-state index in [4.69, 9.17) is 5.73 Å². The van der Waals surface area contributed by atoms with Crippen LogP contribution in [0.2, 0.25) is 0 Å². The van der Waals surface area contributed by atoms with Crippen molar-refractivity contribution in [1.82, 2.24) is 4.31 Å². The van der Waals surface area contributed by atoms with Crippen molar-refractivity contribution >= 4 is 21.4 Å². The van der Waals surface area contributed by atoms with Crippen LogP contribution in [0.5, 0.6) is 0 Å². The fraction of sp³-hybridized carbons (Fsp3) is 0.286. The van der Waals surface area contributed by atoms with Crippen molar-refractivity contribution in [3.63, 3.8) is 0 Å². The molecule has 2 aromatic rings. The van der Waals surface area contributed by atoms with Crippen molar-refractivity contribution in [2.75, 3.05) is 7.05 Å². The molecule has 0 saturated heterocycles. The fourth-order valence-corrected chi connectivity index (χ4v) is 3.82. The van der Waals surface area contributed by atoms with Crippen molar-refractivity contribution in [2.45, 2.75) is 24.4 Å². The molecule has 1 aromatic heterocycles. The average Bonchev–Trinajstić information content (AvgIpc) is 2.91. The highest BCUT2D eigenvalue weighted by molar-refractivity contribution is 7.89. The Morgan fingerprint density at radius 1 is 1.25 bits per heavy atom. The van der Waals surface area contributed by atoms with Gasteiger partial charge in [-0.15, -0.1) is 11.3 Å². The highest BCUT2D eigenvalue weighted by Crippen LogP contribution is 2.20. The number of hydrogen-bond acceptors (Lipinski definition) is 4. The van der Waals surface area contributed by atoms with Crippen molar-refractivity contribution in [2.24, 2.45) is 5.73 Å². The van der Waals surface area contributed by atoms with Crippen LogP contribution >= 0.6 is 11.3 Å². The van der Waals surface area contributed by atoms with Gasteiger partial charge in [0.15, 0.2) is 0 Å². The first-order valence-corrected chi connectivity index (χ1v) is 8.57. The summed E-state index contributed by atoms with van der Waals surface area (Å²) in [5.41, 5.74) is 6.69. The molecule has 1 unspecified atom stereocenters. The molecule has 108 valence electrons. The second kappa shape index (κ2) is 6.05. The first kappa shape index (κ1) is 15.2. The minimum absolute atomic E-state index is 0.101. The summed E-state index contributed by atoms with van der Waals surface area (Å²) in [5.74, 6) is 0. The Labute approximate surface area is 123 Å². The number of thiophene rings is 1. The molecule has 0 bridgehead atoms. The SMILES string of the molecule is CC(N)c1ccc(S(=O)(=O)N(C)Cc2cccs2)cc1. The normalized spacial score (nSPS) is 13.6. The summed E-state index contributed by atoms with van der Waals surface area (Å²) in [4.78, 5) is 1.31. The summed E-state index contributed by atoms with van der Waals surface area (Å²) in [7, 11) is -1.87. The molecule has 0 aliphatic heterocycles. The Kier molecular flexibility index (Phi) is 4.59. The van der Waals surface area contributed by atoms with Crippen LogP contribution in [0.25, 0.3) is 0 Å². The van der Waals surface area contributed by atoms with E-state index in [0.717, 1.165) is 10.4 Å². The third-order valence-corrected chi connectivity index (χ3v) is 5.75. The number of benzene rings is 1. The predicted octanol–water partition coefficient (Wildman–Crippen LogP) is 2.59. The molecule has 0 aliphatic rings. The highest BCUT2D eigenvalue weighted by Gasteiger charge is 2.21. The van der Waals surface area contributed by atoms with Crippen molar-refractivity contribution in [3.8, 4) is 0 Å². The van der Waals surface area contributed by atoms with E-state index in [1.54, 1.807) is 42.6 Å². The lowest BCUT2D eigenvalue weighted by Crippen LogP contribution is -2.26. The molecule has 4 nitrogen and oxygen atoms in total. The minimum atomic E-state index is -3.46. The molecule has 0 fully saturated rings. The van der Waals surface area contributed by atoms with Gasteiger partial charge in [0, 0.05) is 24.5 Å². The molecular formula is C14H18N2O2S2. The lowest BCUT2D eigenvalue weighted by Gasteiger charge is -2.17. The number of nitrogens with two attached hydrogens (primary N) is 1. The summed E-state index contributed by atoms with van der Waals surface area (Å²) in [5, 5.41) is 1.94. The quantitative estimate of drug-likeness (QED) is 0.923. The van der Waals surface area contributed by atoms with E-state index in [1.807, 2.05) is 24.4 Å². The van der Waals surface area contributed by atoms with E-state index in [1.165, 1.54) is 4.31 Å². The summed E-state index contributed by atoms with van der Waals surface area (Å²) in [6.07, 6.45) is 0. The first-order valence-electron chi connectivity index (χ1n) is 6.25. The van der Waals surface area contributed by atoms with E-state index in [9.17, 15) is 8.42 Å². The van der Waals surface area contributed by atoms with Gasteiger partial charge in [0.05, 0.1) is 4.90 Å². The smallest absolute Gasteiger partial charge is 0.243 e. The van der Waals surface area contributed by atoms with Crippen LogP contribution in [-0.2, 0) is 16.6 Å². The molecule has 0 saturated carbocycles. The maximum Gasteiger partial charge on any atom is 0.243 e. The van der Waals surface area contributed by atoms with Crippen LogP contribution in [-0.4, -0.2) is 19.8 Å². The number of rotatable bonds is 5. The molecule has 0 aliphatic carbocycles. The Bertz CT molecular complexity index is 647. The Balaban J connectivity index is 2.21. The largest absolute Gasteiger partial charge is 0.324 e. The van der Waals surface area contributed by atoms with Crippen LogP contribution in [0.1, 0.15) is 23.4 Å². The van der Waals surface area contributed by atoms with Gasteiger partial charge in [-0.25, -0.2) is 8.42 Å². The van der Waals surface area contributed by atoms with Gasteiger partial charge in [0.25, 0.3) is 0 Å². The second-order valence-electron chi connectivity index (χ2n) is 4.70. The monoisotopic (exact) mass is 310 g/mol. The molecule has 20 heavy (non-hydrogen) atoms.